The highest BCUT2D eigenvalue weighted by molar-refractivity contribution is 6.33. The summed E-state index contributed by atoms with van der Waals surface area (Å²) in [5, 5.41) is 13.6. The van der Waals surface area contributed by atoms with Gasteiger partial charge < -0.3 is 10.0 Å². The standard InChI is InChI=1S/C20H23ClF2N4O2/c21-19-18(10-24-27(20(19)29)17-6-5-13(22)9-16(17)23)26-8-2-3-14(26)11-25-7-1-4-15(25)12-28/h5-6,9-10,14-15,28H,1-4,7-8,11-12H2. The van der Waals surface area contributed by atoms with Crippen molar-refractivity contribution in [2.45, 2.75) is 37.8 Å². The Morgan fingerprint density at radius 2 is 1.90 bits per heavy atom. The third-order valence-corrected chi connectivity index (χ3v) is 6.24. The van der Waals surface area contributed by atoms with Crippen LogP contribution >= 0.6 is 11.6 Å². The molecule has 2 aromatic rings. The fourth-order valence-corrected chi connectivity index (χ4v) is 4.64. The number of rotatable bonds is 5. The molecule has 0 amide bonds. The normalized spacial score (nSPS) is 22.6. The van der Waals surface area contributed by atoms with Crippen molar-refractivity contribution in [2.24, 2.45) is 0 Å². The molecule has 0 bridgehead atoms. The van der Waals surface area contributed by atoms with Gasteiger partial charge in [-0.05, 0) is 44.4 Å². The largest absolute Gasteiger partial charge is 0.395 e. The van der Waals surface area contributed by atoms with E-state index in [0.29, 0.717) is 11.8 Å². The van der Waals surface area contributed by atoms with Crippen LogP contribution in [0, 0.1) is 11.6 Å². The zero-order chi connectivity index (χ0) is 20.5. The van der Waals surface area contributed by atoms with Gasteiger partial charge in [0.15, 0.2) is 5.82 Å². The summed E-state index contributed by atoms with van der Waals surface area (Å²) in [6.45, 7) is 2.64. The van der Waals surface area contributed by atoms with Gasteiger partial charge in [0.1, 0.15) is 16.5 Å². The maximum absolute atomic E-state index is 14.1. The Kier molecular flexibility index (Phi) is 5.85. The molecule has 29 heavy (non-hydrogen) atoms. The van der Waals surface area contributed by atoms with Crippen molar-refractivity contribution in [3.8, 4) is 5.69 Å². The highest BCUT2D eigenvalue weighted by atomic mass is 35.5. The first-order chi connectivity index (χ1) is 14.0. The van der Waals surface area contributed by atoms with Gasteiger partial charge in [-0.15, -0.1) is 0 Å². The maximum atomic E-state index is 14.1. The van der Waals surface area contributed by atoms with Gasteiger partial charge in [-0.3, -0.25) is 9.69 Å². The first-order valence-electron chi connectivity index (χ1n) is 9.84. The molecule has 1 aromatic carbocycles. The Bertz CT molecular complexity index is 955. The molecular weight excluding hydrogens is 402 g/mol. The van der Waals surface area contributed by atoms with Crippen LogP contribution in [0.3, 0.4) is 0 Å². The van der Waals surface area contributed by atoms with Crippen molar-refractivity contribution < 1.29 is 13.9 Å². The van der Waals surface area contributed by atoms with Gasteiger partial charge in [0, 0.05) is 31.2 Å². The SMILES string of the molecule is O=c1c(Cl)c(N2CCCC2CN2CCCC2CO)cnn1-c1ccc(F)cc1F. The summed E-state index contributed by atoms with van der Waals surface area (Å²) in [6.07, 6.45) is 5.46. The lowest BCUT2D eigenvalue weighted by Gasteiger charge is -2.32. The van der Waals surface area contributed by atoms with E-state index in [4.69, 9.17) is 11.6 Å². The Morgan fingerprint density at radius 3 is 2.66 bits per heavy atom. The molecule has 0 radical (unpaired) electrons. The van der Waals surface area contributed by atoms with Crippen molar-refractivity contribution >= 4 is 17.3 Å². The molecule has 1 N–H and O–H groups in total. The van der Waals surface area contributed by atoms with Crippen LogP contribution in [-0.2, 0) is 0 Å². The van der Waals surface area contributed by atoms with E-state index in [0.717, 1.165) is 62.1 Å². The number of benzene rings is 1. The van der Waals surface area contributed by atoms with Crippen LogP contribution < -0.4 is 10.5 Å². The first-order valence-corrected chi connectivity index (χ1v) is 10.2. The van der Waals surface area contributed by atoms with Gasteiger partial charge in [0.05, 0.1) is 18.5 Å². The lowest BCUT2D eigenvalue weighted by Crippen LogP contribution is -2.44. The Hall–Kier alpha value is -2.03. The lowest BCUT2D eigenvalue weighted by atomic mass is 10.1. The topological polar surface area (TPSA) is 61.6 Å². The summed E-state index contributed by atoms with van der Waals surface area (Å²) >= 11 is 6.38. The van der Waals surface area contributed by atoms with Crippen LogP contribution in [-0.4, -0.2) is 58.1 Å². The number of aromatic nitrogens is 2. The van der Waals surface area contributed by atoms with Gasteiger partial charge in [0.25, 0.3) is 5.56 Å². The molecule has 0 spiro atoms. The summed E-state index contributed by atoms with van der Waals surface area (Å²) in [6, 6.07) is 3.28. The van der Waals surface area contributed by atoms with E-state index < -0.39 is 17.2 Å². The molecule has 0 aliphatic carbocycles. The third-order valence-electron chi connectivity index (χ3n) is 5.88. The van der Waals surface area contributed by atoms with Crippen LogP contribution in [0.15, 0.2) is 29.2 Å². The monoisotopic (exact) mass is 424 g/mol. The van der Waals surface area contributed by atoms with E-state index in [-0.39, 0.29) is 29.4 Å². The van der Waals surface area contributed by atoms with Crippen LogP contribution in [0.1, 0.15) is 25.7 Å². The molecule has 2 unspecified atom stereocenters. The van der Waals surface area contributed by atoms with Gasteiger partial charge in [-0.1, -0.05) is 11.6 Å². The predicted octanol–water partition coefficient (Wildman–Crippen LogP) is 2.59. The fraction of sp³-hybridized carbons (Fsp3) is 0.500. The predicted molar refractivity (Wildman–Crippen MR) is 107 cm³/mol. The van der Waals surface area contributed by atoms with Gasteiger partial charge in [-0.25, -0.2) is 8.78 Å². The van der Waals surface area contributed by atoms with E-state index in [1.165, 1.54) is 6.20 Å². The third kappa shape index (κ3) is 3.89. The first kappa shape index (κ1) is 20.3. The van der Waals surface area contributed by atoms with E-state index in [9.17, 15) is 18.7 Å². The number of likely N-dealkylation sites (tertiary alicyclic amines) is 1. The molecule has 2 aliphatic rings. The molecular formula is C20H23ClF2N4O2. The van der Waals surface area contributed by atoms with Gasteiger partial charge in [0.2, 0.25) is 0 Å². The molecule has 2 aliphatic heterocycles. The molecule has 3 heterocycles. The smallest absolute Gasteiger partial charge is 0.292 e. The van der Waals surface area contributed by atoms with E-state index in [1.807, 2.05) is 0 Å². The quantitative estimate of drug-likeness (QED) is 0.799. The van der Waals surface area contributed by atoms with Gasteiger partial charge in [-0.2, -0.15) is 9.78 Å². The van der Waals surface area contributed by atoms with Gasteiger partial charge >= 0.3 is 0 Å². The summed E-state index contributed by atoms with van der Waals surface area (Å²) in [5.74, 6) is -1.61. The molecule has 6 nitrogen and oxygen atoms in total. The molecule has 4 rings (SSSR count). The molecule has 2 saturated heterocycles. The summed E-state index contributed by atoms with van der Waals surface area (Å²) in [7, 11) is 0. The Labute approximate surface area is 172 Å². The molecule has 1 aromatic heterocycles. The van der Waals surface area contributed by atoms with Crippen LogP contribution in [0.2, 0.25) is 5.02 Å². The number of anilines is 1. The maximum Gasteiger partial charge on any atom is 0.292 e. The van der Waals surface area contributed by atoms with Crippen molar-refractivity contribution in [1.29, 1.82) is 0 Å². The minimum atomic E-state index is -0.883. The molecule has 2 fully saturated rings. The van der Waals surface area contributed by atoms with Crippen molar-refractivity contribution in [1.82, 2.24) is 14.7 Å². The van der Waals surface area contributed by atoms with Crippen molar-refractivity contribution in [3.05, 3.63) is 51.4 Å². The zero-order valence-corrected chi connectivity index (χ0v) is 16.7. The molecule has 156 valence electrons. The summed E-state index contributed by atoms with van der Waals surface area (Å²) in [4.78, 5) is 17.1. The minimum Gasteiger partial charge on any atom is -0.395 e. The number of halogens is 3. The number of hydrogen-bond acceptors (Lipinski definition) is 5. The second-order valence-electron chi connectivity index (χ2n) is 7.62. The summed E-state index contributed by atoms with van der Waals surface area (Å²) in [5.41, 5.74) is -0.266. The van der Waals surface area contributed by atoms with Crippen LogP contribution in [0.5, 0.6) is 0 Å². The second-order valence-corrected chi connectivity index (χ2v) is 8.00. The lowest BCUT2D eigenvalue weighted by molar-refractivity contribution is 0.153. The Morgan fingerprint density at radius 1 is 1.14 bits per heavy atom. The van der Waals surface area contributed by atoms with E-state index in [1.54, 1.807) is 0 Å². The number of hydrogen-bond donors (Lipinski definition) is 1. The highest BCUT2D eigenvalue weighted by Crippen LogP contribution is 2.31. The average molecular weight is 425 g/mol. The fourth-order valence-electron chi connectivity index (χ4n) is 4.40. The number of nitrogens with zero attached hydrogens (tertiary/aromatic N) is 4. The van der Waals surface area contributed by atoms with Crippen molar-refractivity contribution in [3.63, 3.8) is 0 Å². The zero-order valence-electron chi connectivity index (χ0n) is 15.9. The van der Waals surface area contributed by atoms with Crippen LogP contribution in [0.4, 0.5) is 14.5 Å². The molecule has 0 saturated carbocycles. The summed E-state index contributed by atoms with van der Waals surface area (Å²) < 4.78 is 28.1. The number of aliphatic hydroxyl groups excluding tert-OH is 1. The second kappa shape index (κ2) is 8.38. The minimum absolute atomic E-state index is 0.0317. The molecule has 2 atom stereocenters. The van der Waals surface area contributed by atoms with Crippen LogP contribution in [0.25, 0.3) is 5.69 Å². The van der Waals surface area contributed by atoms with E-state index >= 15 is 0 Å². The van der Waals surface area contributed by atoms with Crippen molar-refractivity contribution in [2.75, 3.05) is 31.1 Å². The highest BCUT2D eigenvalue weighted by Gasteiger charge is 2.33. The average Bonchev–Trinajstić information content (AvgIpc) is 3.34. The number of aliphatic hydroxyl groups is 1. The Balaban J connectivity index is 1.61. The van der Waals surface area contributed by atoms with E-state index in [2.05, 4.69) is 14.9 Å². The molecule has 9 heteroatoms.